The van der Waals surface area contributed by atoms with E-state index in [1.165, 1.54) is 6.07 Å². The molecule has 2 fully saturated rings. The molecule has 0 spiro atoms. The Balaban J connectivity index is 1.41. The predicted octanol–water partition coefficient (Wildman–Crippen LogP) is 3.71. The second-order valence-corrected chi connectivity index (χ2v) is 8.19. The molecule has 4 rings (SSSR count). The molecule has 0 bridgehead atoms. The summed E-state index contributed by atoms with van der Waals surface area (Å²) in [4.78, 5) is 37.8. The molecule has 6 nitrogen and oxygen atoms in total. The van der Waals surface area contributed by atoms with E-state index in [0.717, 1.165) is 25.7 Å². The van der Waals surface area contributed by atoms with Crippen molar-refractivity contribution in [2.75, 3.05) is 11.9 Å². The average molecular weight is 424 g/mol. The first kappa shape index (κ1) is 21.0. The summed E-state index contributed by atoms with van der Waals surface area (Å²) in [6.45, 7) is -0.506. The standard InChI is InChI=1S/C24H25FN2O4/c25-19-9-3-2-8-18(19)24(13-5-6-14-24)23(30)31-15-21(28)27-20-10-4-1-7-17(20)22(29)26-16-11-12-16/h1-4,7-10,16H,5-6,11-15H2,(H,26,29)(H,27,28). The lowest BCUT2D eigenvalue weighted by Gasteiger charge is -2.27. The Morgan fingerprint density at radius 2 is 1.68 bits per heavy atom. The summed E-state index contributed by atoms with van der Waals surface area (Å²) in [6, 6.07) is 13.1. The smallest absolute Gasteiger partial charge is 0.317 e. The van der Waals surface area contributed by atoms with Crippen LogP contribution in [-0.4, -0.2) is 30.4 Å². The van der Waals surface area contributed by atoms with Crippen LogP contribution < -0.4 is 10.6 Å². The molecule has 2 amide bonds. The summed E-state index contributed by atoms with van der Waals surface area (Å²) in [5, 5.41) is 5.53. The maximum atomic E-state index is 14.4. The third kappa shape index (κ3) is 4.60. The number of halogens is 1. The normalized spacial score (nSPS) is 17.1. The first-order valence-corrected chi connectivity index (χ1v) is 10.6. The van der Waals surface area contributed by atoms with E-state index in [4.69, 9.17) is 4.74 Å². The molecule has 2 aliphatic carbocycles. The zero-order valence-corrected chi connectivity index (χ0v) is 17.2. The zero-order chi connectivity index (χ0) is 21.8. The van der Waals surface area contributed by atoms with Gasteiger partial charge >= 0.3 is 5.97 Å². The van der Waals surface area contributed by atoms with Gasteiger partial charge in [0.05, 0.1) is 16.7 Å². The van der Waals surface area contributed by atoms with Crippen molar-refractivity contribution in [1.29, 1.82) is 0 Å². The van der Waals surface area contributed by atoms with Crippen LogP contribution in [0.3, 0.4) is 0 Å². The molecule has 2 N–H and O–H groups in total. The number of rotatable bonds is 7. The van der Waals surface area contributed by atoms with Gasteiger partial charge in [-0.15, -0.1) is 0 Å². The zero-order valence-electron chi connectivity index (χ0n) is 17.2. The van der Waals surface area contributed by atoms with E-state index in [2.05, 4.69) is 10.6 Å². The fraction of sp³-hybridized carbons (Fsp3) is 0.375. The molecule has 2 aromatic rings. The number of esters is 1. The first-order chi connectivity index (χ1) is 15.0. The highest BCUT2D eigenvalue weighted by Crippen LogP contribution is 2.43. The number of ether oxygens (including phenoxy) is 1. The molecule has 0 aromatic heterocycles. The summed E-state index contributed by atoms with van der Waals surface area (Å²) in [5.74, 6) is -1.84. The van der Waals surface area contributed by atoms with E-state index in [1.54, 1.807) is 42.5 Å². The number of carbonyl (C=O) groups is 3. The maximum Gasteiger partial charge on any atom is 0.317 e. The van der Waals surface area contributed by atoms with Crippen molar-refractivity contribution in [3.8, 4) is 0 Å². The average Bonchev–Trinajstić information content (AvgIpc) is 3.44. The Kier molecular flexibility index (Phi) is 6.02. The van der Waals surface area contributed by atoms with Crippen molar-refractivity contribution in [2.24, 2.45) is 0 Å². The summed E-state index contributed by atoms with van der Waals surface area (Å²) in [5.41, 5.74) is -0.0349. The Morgan fingerprint density at radius 1 is 1.00 bits per heavy atom. The van der Waals surface area contributed by atoms with Crippen LogP contribution in [0.25, 0.3) is 0 Å². The number of amides is 2. The van der Waals surface area contributed by atoms with Gasteiger partial charge in [0.2, 0.25) is 0 Å². The van der Waals surface area contributed by atoms with E-state index >= 15 is 0 Å². The molecule has 0 unspecified atom stereocenters. The molecule has 2 aliphatic rings. The highest BCUT2D eigenvalue weighted by atomic mass is 19.1. The van der Waals surface area contributed by atoms with E-state index in [0.29, 0.717) is 29.7 Å². The summed E-state index contributed by atoms with van der Waals surface area (Å²) in [7, 11) is 0. The van der Waals surface area contributed by atoms with Gasteiger partial charge in [0.15, 0.2) is 6.61 Å². The molecule has 0 atom stereocenters. The summed E-state index contributed by atoms with van der Waals surface area (Å²) >= 11 is 0. The van der Waals surface area contributed by atoms with Gasteiger partial charge in [0, 0.05) is 11.6 Å². The van der Waals surface area contributed by atoms with E-state index < -0.39 is 29.7 Å². The van der Waals surface area contributed by atoms with Crippen LogP contribution >= 0.6 is 0 Å². The van der Waals surface area contributed by atoms with E-state index in [9.17, 15) is 18.8 Å². The van der Waals surface area contributed by atoms with Crippen molar-refractivity contribution >= 4 is 23.5 Å². The minimum Gasteiger partial charge on any atom is -0.455 e. The molecular formula is C24H25FN2O4. The molecular weight excluding hydrogens is 399 g/mol. The lowest BCUT2D eigenvalue weighted by Crippen LogP contribution is -2.37. The number of nitrogens with one attached hydrogen (secondary N) is 2. The topological polar surface area (TPSA) is 84.5 Å². The molecule has 0 saturated heterocycles. The molecule has 31 heavy (non-hydrogen) atoms. The number of hydrogen-bond donors (Lipinski definition) is 2. The van der Waals surface area contributed by atoms with Crippen LogP contribution in [0, 0.1) is 5.82 Å². The van der Waals surface area contributed by atoms with Gasteiger partial charge in [-0.3, -0.25) is 14.4 Å². The number of hydrogen-bond acceptors (Lipinski definition) is 4. The minimum atomic E-state index is -1.06. The molecule has 2 saturated carbocycles. The highest BCUT2D eigenvalue weighted by Gasteiger charge is 2.46. The maximum absolute atomic E-state index is 14.4. The van der Waals surface area contributed by atoms with Crippen LogP contribution in [0.2, 0.25) is 0 Å². The van der Waals surface area contributed by atoms with Gasteiger partial charge in [-0.25, -0.2) is 4.39 Å². The molecule has 0 aliphatic heterocycles. The van der Waals surface area contributed by atoms with Crippen LogP contribution in [0.15, 0.2) is 48.5 Å². The predicted molar refractivity (Wildman–Crippen MR) is 113 cm³/mol. The second kappa shape index (κ2) is 8.88. The molecule has 162 valence electrons. The van der Waals surface area contributed by atoms with E-state index in [1.807, 2.05) is 0 Å². The van der Waals surface area contributed by atoms with Gasteiger partial charge in [-0.05, 0) is 43.9 Å². The first-order valence-electron chi connectivity index (χ1n) is 10.6. The van der Waals surface area contributed by atoms with Crippen molar-refractivity contribution in [3.63, 3.8) is 0 Å². The Labute approximate surface area is 180 Å². The SMILES string of the molecule is O=C(COC(=O)C1(c2ccccc2F)CCCC1)Nc1ccccc1C(=O)NC1CC1. The Morgan fingerprint density at radius 3 is 2.39 bits per heavy atom. The quantitative estimate of drug-likeness (QED) is 0.664. The molecule has 0 radical (unpaired) electrons. The summed E-state index contributed by atoms with van der Waals surface area (Å²) in [6.07, 6.45) is 4.47. The summed E-state index contributed by atoms with van der Waals surface area (Å²) < 4.78 is 19.8. The van der Waals surface area contributed by atoms with E-state index in [-0.39, 0.29) is 11.9 Å². The van der Waals surface area contributed by atoms with Crippen molar-refractivity contribution in [1.82, 2.24) is 5.32 Å². The number of para-hydroxylation sites is 1. The van der Waals surface area contributed by atoms with Crippen molar-refractivity contribution in [2.45, 2.75) is 50.0 Å². The van der Waals surface area contributed by atoms with Crippen molar-refractivity contribution in [3.05, 3.63) is 65.5 Å². The van der Waals surface area contributed by atoms with Gasteiger partial charge in [0.25, 0.3) is 11.8 Å². The lowest BCUT2D eigenvalue weighted by molar-refractivity contribution is -0.153. The largest absolute Gasteiger partial charge is 0.455 e. The highest BCUT2D eigenvalue weighted by molar-refractivity contribution is 6.04. The van der Waals surface area contributed by atoms with Gasteiger partial charge in [0.1, 0.15) is 5.82 Å². The van der Waals surface area contributed by atoms with Gasteiger partial charge < -0.3 is 15.4 Å². The Bertz CT molecular complexity index is 997. The number of benzene rings is 2. The minimum absolute atomic E-state index is 0.193. The third-order valence-electron chi connectivity index (χ3n) is 5.93. The van der Waals surface area contributed by atoms with Gasteiger partial charge in [-0.2, -0.15) is 0 Å². The fourth-order valence-electron chi connectivity index (χ4n) is 4.15. The molecule has 0 heterocycles. The lowest BCUT2D eigenvalue weighted by atomic mass is 9.78. The molecule has 2 aromatic carbocycles. The third-order valence-corrected chi connectivity index (χ3v) is 5.93. The van der Waals surface area contributed by atoms with Crippen molar-refractivity contribution < 1.29 is 23.5 Å². The fourth-order valence-corrected chi connectivity index (χ4v) is 4.15. The van der Waals surface area contributed by atoms with Crippen LogP contribution in [0.5, 0.6) is 0 Å². The second-order valence-electron chi connectivity index (χ2n) is 8.19. The number of anilines is 1. The van der Waals surface area contributed by atoms with Crippen LogP contribution in [0.1, 0.15) is 54.4 Å². The number of carbonyl (C=O) groups excluding carboxylic acids is 3. The van der Waals surface area contributed by atoms with Gasteiger partial charge in [-0.1, -0.05) is 43.2 Å². The Hall–Kier alpha value is -3.22. The monoisotopic (exact) mass is 424 g/mol. The van der Waals surface area contributed by atoms with Crippen LogP contribution in [-0.2, 0) is 19.7 Å². The molecule has 7 heteroatoms. The van der Waals surface area contributed by atoms with Crippen LogP contribution in [0.4, 0.5) is 10.1 Å².